The van der Waals surface area contributed by atoms with Gasteiger partial charge in [-0.3, -0.25) is 14.3 Å². The SMILES string of the molecule is COC(=O)Cn1cc(NC(=O)c2c[nH]c(=O)[nH]2)cn1. The van der Waals surface area contributed by atoms with Gasteiger partial charge in [0.15, 0.2) is 0 Å². The number of esters is 1. The van der Waals surface area contributed by atoms with Crippen molar-refractivity contribution in [3.05, 3.63) is 34.8 Å². The lowest BCUT2D eigenvalue weighted by molar-refractivity contribution is -0.141. The van der Waals surface area contributed by atoms with E-state index in [0.29, 0.717) is 5.69 Å². The second kappa shape index (κ2) is 5.21. The second-order valence-corrected chi connectivity index (χ2v) is 3.61. The van der Waals surface area contributed by atoms with Crippen LogP contribution >= 0.6 is 0 Å². The highest BCUT2D eigenvalue weighted by molar-refractivity contribution is 6.02. The summed E-state index contributed by atoms with van der Waals surface area (Å²) in [4.78, 5) is 38.2. The molecular weight excluding hydrogens is 254 g/mol. The fraction of sp³-hybridized carbons (Fsp3) is 0.200. The number of nitrogens with zero attached hydrogens (tertiary/aromatic N) is 2. The zero-order valence-electron chi connectivity index (χ0n) is 9.97. The Morgan fingerprint density at radius 3 is 2.95 bits per heavy atom. The maximum Gasteiger partial charge on any atom is 0.327 e. The van der Waals surface area contributed by atoms with Gasteiger partial charge in [-0.15, -0.1) is 0 Å². The van der Waals surface area contributed by atoms with Crippen LogP contribution in [0.1, 0.15) is 10.5 Å². The Hall–Kier alpha value is -2.84. The number of ether oxygens (including phenoxy) is 1. The lowest BCUT2D eigenvalue weighted by Gasteiger charge is -1.99. The molecule has 0 spiro atoms. The van der Waals surface area contributed by atoms with Gasteiger partial charge in [-0.2, -0.15) is 5.10 Å². The smallest absolute Gasteiger partial charge is 0.327 e. The predicted molar refractivity (Wildman–Crippen MR) is 63.6 cm³/mol. The molecule has 2 aromatic heterocycles. The fourth-order valence-corrected chi connectivity index (χ4v) is 1.36. The number of aromatic amines is 2. The third-order valence-corrected chi connectivity index (χ3v) is 2.25. The van der Waals surface area contributed by atoms with Crippen LogP contribution in [-0.2, 0) is 16.1 Å². The van der Waals surface area contributed by atoms with Crippen LogP contribution < -0.4 is 11.0 Å². The first-order valence-corrected chi connectivity index (χ1v) is 5.27. The maximum absolute atomic E-state index is 11.7. The molecule has 100 valence electrons. The van der Waals surface area contributed by atoms with Gasteiger partial charge in [0, 0.05) is 12.4 Å². The Morgan fingerprint density at radius 2 is 2.32 bits per heavy atom. The number of carbonyl (C=O) groups is 2. The van der Waals surface area contributed by atoms with Gasteiger partial charge >= 0.3 is 11.7 Å². The van der Waals surface area contributed by atoms with E-state index in [1.54, 1.807) is 0 Å². The molecule has 0 unspecified atom stereocenters. The molecule has 0 fully saturated rings. The number of anilines is 1. The van der Waals surface area contributed by atoms with Crippen molar-refractivity contribution < 1.29 is 14.3 Å². The molecule has 9 nitrogen and oxygen atoms in total. The molecule has 0 bridgehead atoms. The zero-order valence-corrected chi connectivity index (χ0v) is 9.97. The van der Waals surface area contributed by atoms with Crippen molar-refractivity contribution in [1.29, 1.82) is 0 Å². The van der Waals surface area contributed by atoms with Crippen molar-refractivity contribution in [1.82, 2.24) is 19.7 Å². The second-order valence-electron chi connectivity index (χ2n) is 3.61. The summed E-state index contributed by atoms with van der Waals surface area (Å²) in [7, 11) is 1.27. The Balaban J connectivity index is 2.02. The first kappa shape index (κ1) is 12.6. The predicted octanol–water partition coefficient (Wildman–Crippen LogP) is -0.675. The van der Waals surface area contributed by atoms with E-state index in [9.17, 15) is 14.4 Å². The van der Waals surface area contributed by atoms with E-state index in [1.807, 2.05) is 0 Å². The van der Waals surface area contributed by atoms with Crippen LogP contribution in [0.5, 0.6) is 0 Å². The van der Waals surface area contributed by atoms with Gasteiger partial charge in [-0.05, 0) is 0 Å². The lowest BCUT2D eigenvalue weighted by Crippen LogP contribution is -2.14. The van der Waals surface area contributed by atoms with Crippen LogP contribution in [0.3, 0.4) is 0 Å². The van der Waals surface area contributed by atoms with Crippen molar-refractivity contribution in [2.45, 2.75) is 6.54 Å². The van der Waals surface area contributed by atoms with Gasteiger partial charge < -0.3 is 20.0 Å². The minimum Gasteiger partial charge on any atom is -0.468 e. The van der Waals surface area contributed by atoms with E-state index in [0.717, 1.165) is 0 Å². The summed E-state index contributed by atoms with van der Waals surface area (Å²) in [6.07, 6.45) is 4.11. The Labute approximate surface area is 106 Å². The van der Waals surface area contributed by atoms with Crippen LogP contribution in [0.25, 0.3) is 0 Å². The highest BCUT2D eigenvalue weighted by Crippen LogP contribution is 2.06. The third kappa shape index (κ3) is 3.09. The van der Waals surface area contributed by atoms with Gasteiger partial charge in [-0.25, -0.2) is 4.79 Å². The number of amides is 1. The molecule has 2 heterocycles. The number of H-pyrrole nitrogens is 2. The van der Waals surface area contributed by atoms with Crippen LogP contribution in [0.15, 0.2) is 23.4 Å². The van der Waals surface area contributed by atoms with Gasteiger partial charge in [0.2, 0.25) is 0 Å². The van der Waals surface area contributed by atoms with Crippen molar-refractivity contribution >= 4 is 17.6 Å². The fourth-order valence-electron chi connectivity index (χ4n) is 1.36. The quantitative estimate of drug-likeness (QED) is 0.632. The molecular formula is C10H11N5O4. The molecule has 1 amide bonds. The standard InChI is InChI=1S/C10H11N5O4/c1-19-8(16)5-15-4-6(2-12-15)13-9(17)7-3-11-10(18)14-7/h2-4H,5H2,1H3,(H,13,17)(H2,11,14,18). The van der Waals surface area contributed by atoms with E-state index in [4.69, 9.17) is 0 Å². The summed E-state index contributed by atoms with van der Waals surface area (Å²) in [6.45, 7) is -0.0483. The normalized spacial score (nSPS) is 10.2. The summed E-state index contributed by atoms with van der Waals surface area (Å²) in [5, 5.41) is 6.40. The largest absolute Gasteiger partial charge is 0.468 e. The molecule has 0 saturated carbocycles. The number of hydrogen-bond donors (Lipinski definition) is 3. The molecule has 0 atom stereocenters. The Bertz CT molecular complexity index is 653. The van der Waals surface area contributed by atoms with Crippen molar-refractivity contribution in [2.75, 3.05) is 12.4 Å². The Morgan fingerprint density at radius 1 is 1.53 bits per heavy atom. The molecule has 2 aromatic rings. The molecule has 3 N–H and O–H groups in total. The molecule has 19 heavy (non-hydrogen) atoms. The van der Waals surface area contributed by atoms with E-state index in [-0.39, 0.29) is 12.2 Å². The average Bonchev–Trinajstić information content (AvgIpc) is 2.98. The Kier molecular flexibility index (Phi) is 3.46. The monoisotopic (exact) mass is 265 g/mol. The minimum absolute atomic E-state index is 0.0483. The number of imidazole rings is 1. The number of rotatable bonds is 4. The van der Waals surface area contributed by atoms with Crippen molar-refractivity contribution in [3.8, 4) is 0 Å². The molecule has 0 aliphatic rings. The molecule has 0 aliphatic carbocycles. The molecule has 9 heteroatoms. The first-order valence-electron chi connectivity index (χ1n) is 5.27. The first-order chi connectivity index (χ1) is 9.08. The minimum atomic E-state index is -0.490. The van der Waals surface area contributed by atoms with E-state index >= 15 is 0 Å². The van der Waals surface area contributed by atoms with Gasteiger partial charge in [0.1, 0.15) is 12.2 Å². The van der Waals surface area contributed by atoms with E-state index in [2.05, 4.69) is 25.1 Å². The van der Waals surface area contributed by atoms with Crippen molar-refractivity contribution in [2.24, 2.45) is 0 Å². The summed E-state index contributed by atoms with van der Waals surface area (Å²) in [5.41, 5.74) is 0.0354. The van der Waals surface area contributed by atoms with Crippen LogP contribution in [0, 0.1) is 0 Å². The number of methoxy groups -OCH3 is 1. The number of nitrogens with one attached hydrogen (secondary N) is 3. The molecule has 0 aromatic carbocycles. The van der Waals surface area contributed by atoms with Crippen LogP contribution in [-0.4, -0.2) is 38.7 Å². The maximum atomic E-state index is 11.7. The van der Waals surface area contributed by atoms with Crippen molar-refractivity contribution in [3.63, 3.8) is 0 Å². The number of hydrogen-bond acceptors (Lipinski definition) is 5. The van der Waals surface area contributed by atoms with E-state index in [1.165, 1.54) is 30.4 Å². The van der Waals surface area contributed by atoms with Gasteiger partial charge in [0.25, 0.3) is 5.91 Å². The third-order valence-electron chi connectivity index (χ3n) is 2.25. The lowest BCUT2D eigenvalue weighted by atomic mass is 10.4. The summed E-state index contributed by atoms with van der Waals surface area (Å²) in [6, 6.07) is 0. The molecule has 0 saturated heterocycles. The zero-order chi connectivity index (χ0) is 13.8. The van der Waals surface area contributed by atoms with E-state index < -0.39 is 17.6 Å². The molecule has 0 radical (unpaired) electrons. The average molecular weight is 265 g/mol. The number of carbonyl (C=O) groups excluding carboxylic acids is 2. The summed E-state index contributed by atoms with van der Waals surface area (Å²) < 4.78 is 5.81. The van der Waals surface area contributed by atoms with Gasteiger partial charge in [0.05, 0.1) is 19.0 Å². The number of aromatic nitrogens is 4. The topological polar surface area (TPSA) is 122 Å². The van der Waals surface area contributed by atoms with Crippen LogP contribution in [0.2, 0.25) is 0 Å². The summed E-state index contributed by atoms with van der Waals surface area (Å²) in [5.74, 6) is -0.938. The molecule has 0 aliphatic heterocycles. The molecule has 2 rings (SSSR count). The van der Waals surface area contributed by atoms with Crippen LogP contribution in [0.4, 0.5) is 5.69 Å². The summed E-state index contributed by atoms with van der Waals surface area (Å²) >= 11 is 0. The highest BCUT2D eigenvalue weighted by atomic mass is 16.5. The van der Waals surface area contributed by atoms with Gasteiger partial charge in [-0.1, -0.05) is 0 Å². The highest BCUT2D eigenvalue weighted by Gasteiger charge is 2.10.